The number of aromatic nitrogens is 3. The van der Waals surface area contributed by atoms with Gasteiger partial charge in [-0.05, 0) is 38.5 Å². The number of anilines is 1. The van der Waals surface area contributed by atoms with Crippen molar-refractivity contribution >= 4 is 16.9 Å². The fourth-order valence-corrected chi connectivity index (χ4v) is 3.50. The molecule has 23 heavy (non-hydrogen) atoms. The first-order valence-corrected chi connectivity index (χ1v) is 7.99. The highest BCUT2D eigenvalue weighted by Crippen LogP contribution is 2.37. The number of aliphatic hydroxyl groups is 1. The van der Waals surface area contributed by atoms with Crippen LogP contribution < -0.4 is 5.32 Å². The summed E-state index contributed by atoms with van der Waals surface area (Å²) < 4.78 is 24.1. The van der Waals surface area contributed by atoms with E-state index in [2.05, 4.69) is 21.4 Å². The molecule has 0 bridgehead atoms. The van der Waals surface area contributed by atoms with Crippen molar-refractivity contribution in [3.05, 3.63) is 18.1 Å². The van der Waals surface area contributed by atoms with Gasteiger partial charge in [-0.25, -0.2) is 9.97 Å². The van der Waals surface area contributed by atoms with Gasteiger partial charge >= 0.3 is 0 Å². The normalized spacial score (nSPS) is 25.2. The number of nitriles is 1. The summed E-state index contributed by atoms with van der Waals surface area (Å²) in [4.78, 5) is 8.63. The summed E-state index contributed by atoms with van der Waals surface area (Å²) in [5.41, 5.74) is 1.41. The lowest BCUT2D eigenvalue weighted by Crippen LogP contribution is -2.20. The van der Waals surface area contributed by atoms with E-state index in [1.165, 1.54) is 6.20 Å². The summed E-state index contributed by atoms with van der Waals surface area (Å²) in [6, 6.07) is 4.10. The molecule has 1 atom stereocenters. The average molecular weight is 316 g/mol. The van der Waals surface area contributed by atoms with E-state index in [4.69, 9.17) is 9.37 Å². The standard InChI is InChI=1S/C17H23N5O/c1-11(23)17-21-14-10-20-16(19-2)9-15(14)22(17)13-5-3-12(4-6-13)7-8-18/h9-13,23H,3-7H2,1-2H3,(H,19,20)/t11?,12-,13-/i2D3. The molecule has 0 amide bonds. The maximum Gasteiger partial charge on any atom is 0.138 e. The monoisotopic (exact) mass is 316 g/mol. The number of imidazole rings is 1. The van der Waals surface area contributed by atoms with E-state index in [1.807, 2.05) is 4.57 Å². The van der Waals surface area contributed by atoms with Gasteiger partial charge in [-0.2, -0.15) is 5.26 Å². The highest BCUT2D eigenvalue weighted by atomic mass is 16.3. The van der Waals surface area contributed by atoms with Crippen molar-refractivity contribution in [1.29, 1.82) is 5.26 Å². The molecule has 2 heterocycles. The van der Waals surface area contributed by atoms with Gasteiger partial charge in [0.1, 0.15) is 23.3 Å². The minimum absolute atomic E-state index is 0.169. The van der Waals surface area contributed by atoms with E-state index < -0.39 is 13.1 Å². The zero-order valence-electron chi connectivity index (χ0n) is 16.2. The number of nitrogens with zero attached hydrogens (tertiary/aromatic N) is 4. The van der Waals surface area contributed by atoms with Crippen molar-refractivity contribution < 1.29 is 9.22 Å². The Hall–Kier alpha value is -2.13. The molecule has 1 aliphatic carbocycles. The van der Waals surface area contributed by atoms with Gasteiger partial charge < -0.3 is 15.0 Å². The van der Waals surface area contributed by atoms with Crippen LogP contribution in [0.2, 0.25) is 0 Å². The molecule has 2 N–H and O–H groups in total. The summed E-state index contributed by atoms with van der Waals surface area (Å²) >= 11 is 0. The molecule has 1 fully saturated rings. The summed E-state index contributed by atoms with van der Waals surface area (Å²) in [5.74, 6) is 1.25. The number of hydrogen-bond donors (Lipinski definition) is 2. The molecule has 3 rings (SSSR count). The van der Waals surface area contributed by atoms with Gasteiger partial charge in [-0.1, -0.05) is 0 Å². The minimum Gasteiger partial charge on any atom is -0.385 e. The topological polar surface area (TPSA) is 86.8 Å². The van der Waals surface area contributed by atoms with Gasteiger partial charge in [0.2, 0.25) is 0 Å². The molecule has 0 radical (unpaired) electrons. The largest absolute Gasteiger partial charge is 0.385 e. The molecule has 0 saturated heterocycles. The Balaban J connectivity index is 1.97. The third-order valence-corrected chi connectivity index (χ3v) is 4.67. The smallest absolute Gasteiger partial charge is 0.138 e. The van der Waals surface area contributed by atoms with Gasteiger partial charge in [-0.3, -0.25) is 0 Å². The van der Waals surface area contributed by atoms with E-state index in [0.717, 1.165) is 31.2 Å². The molecule has 6 nitrogen and oxygen atoms in total. The van der Waals surface area contributed by atoms with Crippen molar-refractivity contribution in [2.24, 2.45) is 5.92 Å². The molecule has 1 unspecified atom stereocenters. The second-order valence-corrected chi connectivity index (χ2v) is 6.24. The molecule has 1 saturated carbocycles. The second kappa shape index (κ2) is 6.55. The van der Waals surface area contributed by atoms with Crippen LogP contribution in [0.1, 0.15) is 61.1 Å². The fourth-order valence-electron chi connectivity index (χ4n) is 3.50. The van der Waals surface area contributed by atoms with Gasteiger partial charge in [-0.15, -0.1) is 0 Å². The van der Waals surface area contributed by atoms with Gasteiger partial charge in [0.15, 0.2) is 0 Å². The average Bonchev–Trinajstić information content (AvgIpc) is 2.93. The van der Waals surface area contributed by atoms with Crippen molar-refractivity contribution in [3.63, 3.8) is 0 Å². The maximum absolute atomic E-state index is 10.2. The number of aliphatic hydroxyl groups excluding tert-OH is 1. The van der Waals surface area contributed by atoms with Crippen LogP contribution in [0.4, 0.5) is 5.82 Å². The van der Waals surface area contributed by atoms with Crippen molar-refractivity contribution in [3.8, 4) is 6.07 Å². The van der Waals surface area contributed by atoms with Crippen LogP contribution in [0.15, 0.2) is 12.3 Å². The molecular weight excluding hydrogens is 290 g/mol. The van der Waals surface area contributed by atoms with E-state index in [0.29, 0.717) is 23.7 Å². The predicted octanol–water partition coefficient (Wildman–Crippen LogP) is 3.17. The highest BCUT2D eigenvalue weighted by molar-refractivity contribution is 5.78. The summed E-state index contributed by atoms with van der Waals surface area (Å²) in [5, 5.41) is 21.5. The minimum atomic E-state index is -2.33. The Morgan fingerprint density at radius 2 is 2.30 bits per heavy atom. The van der Waals surface area contributed by atoms with E-state index in [9.17, 15) is 5.11 Å². The number of fused-ring (bicyclic) bond motifs is 1. The van der Waals surface area contributed by atoms with E-state index in [-0.39, 0.29) is 11.9 Å². The summed E-state index contributed by atoms with van der Waals surface area (Å²) in [6.45, 7) is -0.651. The van der Waals surface area contributed by atoms with Crippen LogP contribution in [0.3, 0.4) is 0 Å². The van der Waals surface area contributed by atoms with E-state index in [1.54, 1.807) is 13.0 Å². The Bertz CT molecular complexity index is 816. The van der Waals surface area contributed by atoms with Crippen LogP contribution >= 0.6 is 0 Å². The van der Waals surface area contributed by atoms with Gasteiger partial charge in [0.05, 0.1) is 17.8 Å². The molecule has 122 valence electrons. The molecule has 0 aromatic carbocycles. The predicted molar refractivity (Wildman–Crippen MR) is 88.9 cm³/mol. The number of hydrogen-bond acceptors (Lipinski definition) is 5. The number of nitrogens with one attached hydrogen (secondary N) is 1. The first-order chi connectivity index (χ1) is 12.3. The summed E-state index contributed by atoms with van der Waals surface area (Å²) in [6.07, 6.45) is 5.11. The van der Waals surface area contributed by atoms with Crippen LogP contribution in [0.5, 0.6) is 0 Å². The van der Waals surface area contributed by atoms with Crippen molar-refractivity contribution in [1.82, 2.24) is 14.5 Å². The molecule has 6 heteroatoms. The molecule has 0 aliphatic heterocycles. The maximum atomic E-state index is 10.2. The third-order valence-electron chi connectivity index (χ3n) is 4.67. The summed E-state index contributed by atoms with van der Waals surface area (Å²) in [7, 11) is 0. The third kappa shape index (κ3) is 3.02. The van der Waals surface area contributed by atoms with E-state index >= 15 is 0 Å². The zero-order valence-corrected chi connectivity index (χ0v) is 13.2. The van der Waals surface area contributed by atoms with Crippen LogP contribution in [-0.4, -0.2) is 26.6 Å². The SMILES string of the molecule is [2H]C([2H])([2H])Nc1cc2c(cn1)nc(C(C)O)n2[C@H]1CC[C@H](CC#N)CC1. The second-order valence-electron chi connectivity index (χ2n) is 6.24. The van der Waals surface area contributed by atoms with Crippen LogP contribution in [0.25, 0.3) is 11.0 Å². The van der Waals surface area contributed by atoms with Crippen LogP contribution in [-0.2, 0) is 0 Å². The Labute approximate surface area is 140 Å². The van der Waals surface area contributed by atoms with Gasteiger partial charge in [0.25, 0.3) is 0 Å². The Morgan fingerprint density at radius 1 is 1.52 bits per heavy atom. The Morgan fingerprint density at radius 3 is 2.96 bits per heavy atom. The fraction of sp³-hybridized carbons (Fsp3) is 0.588. The Kier molecular flexibility index (Phi) is 3.51. The highest BCUT2D eigenvalue weighted by Gasteiger charge is 2.27. The number of rotatable bonds is 4. The zero-order chi connectivity index (χ0) is 18.9. The lowest BCUT2D eigenvalue weighted by Gasteiger charge is -2.30. The lowest BCUT2D eigenvalue weighted by atomic mass is 9.84. The molecule has 0 spiro atoms. The molecule has 2 aromatic rings. The van der Waals surface area contributed by atoms with Crippen molar-refractivity contribution in [2.45, 2.75) is 51.2 Å². The lowest BCUT2D eigenvalue weighted by molar-refractivity contribution is 0.175. The number of pyridine rings is 1. The molecule has 1 aliphatic rings. The van der Waals surface area contributed by atoms with Crippen LogP contribution in [0, 0.1) is 17.2 Å². The molecule has 2 aromatic heterocycles. The molecular formula is C17H23N5O. The quantitative estimate of drug-likeness (QED) is 0.904. The first-order valence-electron chi connectivity index (χ1n) is 9.49. The van der Waals surface area contributed by atoms with Gasteiger partial charge in [0, 0.05) is 29.6 Å². The van der Waals surface area contributed by atoms with Crippen molar-refractivity contribution in [2.75, 3.05) is 12.3 Å². The first kappa shape index (κ1) is 12.3.